The van der Waals surface area contributed by atoms with Gasteiger partial charge in [0.15, 0.2) is 5.13 Å². The summed E-state index contributed by atoms with van der Waals surface area (Å²) in [5.74, 6) is 1.11. The first-order valence-electron chi connectivity index (χ1n) is 10.2. The third-order valence-corrected chi connectivity index (χ3v) is 7.46. The molecule has 1 aromatic carbocycles. The Kier molecular flexibility index (Phi) is 4.17. The summed E-state index contributed by atoms with van der Waals surface area (Å²) in [7, 11) is 0. The standard InChI is InChI=1S/C21H28N4OS/c1-14-9-16(10-17-18(14)23-20(22)27-17)19(26)25-8-6-21(13-25)5-2-7-24(12-21)11-15-3-4-15/h9-10,15H,2-8,11-13H2,1H3,(H2,22,23)/t21-/m1/s1. The Morgan fingerprint density at radius 3 is 2.96 bits per heavy atom. The van der Waals surface area contributed by atoms with Gasteiger partial charge in [-0.2, -0.15) is 0 Å². The van der Waals surface area contributed by atoms with Crippen molar-refractivity contribution in [3.8, 4) is 0 Å². The second kappa shape index (κ2) is 6.45. The molecule has 6 heteroatoms. The normalized spacial score (nSPS) is 26.3. The van der Waals surface area contributed by atoms with Crippen LogP contribution in [0, 0.1) is 18.3 Å². The maximum absolute atomic E-state index is 13.2. The van der Waals surface area contributed by atoms with Crippen molar-refractivity contribution in [2.45, 2.75) is 39.0 Å². The van der Waals surface area contributed by atoms with E-state index in [-0.39, 0.29) is 5.91 Å². The molecule has 1 amide bonds. The van der Waals surface area contributed by atoms with Gasteiger partial charge in [0.2, 0.25) is 0 Å². The molecule has 5 rings (SSSR count). The van der Waals surface area contributed by atoms with E-state index in [1.807, 2.05) is 19.1 Å². The lowest BCUT2D eigenvalue weighted by Gasteiger charge is -2.40. The van der Waals surface area contributed by atoms with Gasteiger partial charge in [-0.15, -0.1) is 0 Å². The quantitative estimate of drug-likeness (QED) is 0.879. The zero-order valence-electron chi connectivity index (χ0n) is 16.0. The van der Waals surface area contributed by atoms with E-state index in [0.717, 1.165) is 46.8 Å². The van der Waals surface area contributed by atoms with Crippen LogP contribution in [-0.2, 0) is 0 Å². The maximum Gasteiger partial charge on any atom is 0.253 e. The number of carbonyl (C=O) groups is 1. The fourth-order valence-corrected chi connectivity index (χ4v) is 5.94. The summed E-state index contributed by atoms with van der Waals surface area (Å²) in [6, 6.07) is 3.96. The van der Waals surface area contributed by atoms with Gasteiger partial charge in [0, 0.05) is 37.2 Å². The number of nitrogens with zero attached hydrogens (tertiary/aromatic N) is 3. The molecule has 2 N–H and O–H groups in total. The largest absolute Gasteiger partial charge is 0.375 e. The van der Waals surface area contributed by atoms with Gasteiger partial charge in [0.05, 0.1) is 10.2 Å². The van der Waals surface area contributed by atoms with E-state index in [1.54, 1.807) is 0 Å². The number of nitrogens with two attached hydrogens (primary N) is 1. The second-order valence-corrected chi connectivity index (χ2v) is 10.0. The van der Waals surface area contributed by atoms with Crippen molar-refractivity contribution in [3.63, 3.8) is 0 Å². The lowest BCUT2D eigenvalue weighted by molar-refractivity contribution is 0.0681. The van der Waals surface area contributed by atoms with Gasteiger partial charge in [0.25, 0.3) is 5.91 Å². The zero-order chi connectivity index (χ0) is 18.6. The molecule has 3 heterocycles. The molecule has 27 heavy (non-hydrogen) atoms. The maximum atomic E-state index is 13.2. The van der Waals surface area contributed by atoms with Crippen LogP contribution in [0.3, 0.4) is 0 Å². The highest BCUT2D eigenvalue weighted by atomic mass is 32.1. The number of thiazole rings is 1. The van der Waals surface area contributed by atoms with Crippen LogP contribution in [0.1, 0.15) is 48.0 Å². The van der Waals surface area contributed by atoms with Crippen LogP contribution >= 0.6 is 11.3 Å². The summed E-state index contributed by atoms with van der Waals surface area (Å²) in [4.78, 5) is 22.4. The molecule has 1 atom stereocenters. The molecule has 5 nitrogen and oxygen atoms in total. The van der Waals surface area contributed by atoms with Crippen LogP contribution in [-0.4, -0.2) is 53.4 Å². The smallest absolute Gasteiger partial charge is 0.253 e. The number of anilines is 1. The molecule has 2 saturated heterocycles. The summed E-state index contributed by atoms with van der Waals surface area (Å²) in [6.07, 6.45) is 6.52. The van der Waals surface area contributed by atoms with Crippen molar-refractivity contribution in [2.75, 3.05) is 38.5 Å². The van der Waals surface area contributed by atoms with Crippen molar-refractivity contribution in [3.05, 3.63) is 23.3 Å². The number of carbonyl (C=O) groups excluding carboxylic acids is 1. The first-order chi connectivity index (χ1) is 13.0. The van der Waals surface area contributed by atoms with Crippen LogP contribution in [0.4, 0.5) is 5.13 Å². The minimum atomic E-state index is 0.170. The number of hydrogen-bond acceptors (Lipinski definition) is 5. The Balaban J connectivity index is 1.32. The van der Waals surface area contributed by atoms with E-state index in [4.69, 9.17) is 5.73 Å². The van der Waals surface area contributed by atoms with Gasteiger partial charge in [-0.05, 0) is 69.2 Å². The SMILES string of the molecule is Cc1cc(C(=O)N2CC[C@@]3(CCCN(CC4CC4)C3)C2)cc2sc(N)nc12. The molecular formula is C21H28N4OS. The third-order valence-electron chi connectivity index (χ3n) is 6.63. The Morgan fingerprint density at radius 2 is 2.15 bits per heavy atom. The molecule has 0 bridgehead atoms. The summed E-state index contributed by atoms with van der Waals surface area (Å²) in [5, 5.41) is 0.566. The van der Waals surface area contributed by atoms with Crippen LogP contribution in [0.15, 0.2) is 12.1 Å². The Morgan fingerprint density at radius 1 is 1.30 bits per heavy atom. The van der Waals surface area contributed by atoms with E-state index in [9.17, 15) is 4.79 Å². The Labute approximate surface area is 164 Å². The summed E-state index contributed by atoms with van der Waals surface area (Å²) in [5.41, 5.74) is 8.92. The van der Waals surface area contributed by atoms with Crippen molar-refractivity contribution in [2.24, 2.45) is 11.3 Å². The molecule has 3 fully saturated rings. The molecule has 1 aliphatic carbocycles. The molecular weight excluding hydrogens is 356 g/mol. The number of piperidine rings is 1. The van der Waals surface area contributed by atoms with E-state index in [2.05, 4.69) is 14.8 Å². The summed E-state index contributed by atoms with van der Waals surface area (Å²) < 4.78 is 1.01. The molecule has 1 aromatic heterocycles. The molecule has 2 aromatic rings. The molecule has 2 aliphatic heterocycles. The topological polar surface area (TPSA) is 62.5 Å². The van der Waals surface area contributed by atoms with Gasteiger partial charge >= 0.3 is 0 Å². The molecule has 0 unspecified atom stereocenters. The molecule has 1 saturated carbocycles. The third kappa shape index (κ3) is 3.34. The van der Waals surface area contributed by atoms with E-state index in [0.29, 0.717) is 10.5 Å². The average molecular weight is 385 g/mol. The molecule has 0 radical (unpaired) electrons. The average Bonchev–Trinajstić information content (AvgIpc) is 3.23. The van der Waals surface area contributed by atoms with E-state index in [1.165, 1.54) is 56.7 Å². The van der Waals surface area contributed by atoms with Crippen molar-refractivity contribution in [1.29, 1.82) is 0 Å². The van der Waals surface area contributed by atoms with Gasteiger partial charge in [-0.3, -0.25) is 4.79 Å². The Bertz CT molecular complexity index is 890. The number of hydrogen-bond donors (Lipinski definition) is 1. The lowest BCUT2D eigenvalue weighted by atomic mass is 9.79. The Hall–Kier alpha value is -1.66. The second-order valence-electron chi connectivity index (χ2n) is 8.95. The number of benzene rings is 1. The number of aromatic nitrogens is 1. The lowest BCUT2D eigenvalue weighted by Crippen LogP contribution is -2.46. The predicted molar refractivity (Wildman–Crippen MR) is 110 cm³/mol. The fraction of sp³-hybridized carbons (Fsp3) is 0.619. The summed E-state index contributed by atoms with van der Waals surface area (Å²) in [6.45, 7) is 7.51. The highest BCUT2D eigenvalue weighted by Crippen LogP contribution is 2.41. The minimum Gasteiger partial charge on any atom is -0.375 e. The highest BCUT2D eigenvalue weighted by Gasteiger charge is 2.43. The van der Waals surface area contributed by atoms with Gasteiger partial charge < -0.3 is 15.5 Å². The van der Waals surface area contributed by atoms with Crippen LogP contribution in [0.5, 0.6) is 0 Å². The highest BCUT2D eigenvalue weighted by molar-refractivity contribution is 7.22. The molecule has 3 aliphatic rings. The minimum absolute atomic E-state index is 0.170. The van der Waals surface area contributed by atoms with Crippen LogP contribution in [0.25, 0.3) is 10.2 Å². The number of fused-ring (bicyclic) bond motifs is 1. The van der Waals surface area contributed by atoms with Crippen molar-refractivity contribution >= 4 is 32.6 Å². The van der Waals surface area contributed by atoms with Gasteiger partial charge in [0.1, 0.15) is 0 Å². The van der Waals surface area contributed by atoms with Crippen molar-refractivity contribution in [1.82, 2.24) is 14.8 Å². The number of nitrogen functional groups attached to an aromatic ring is 1. The fourth-order valence-electron chi connectivity index (χ4n) is 5.09. The number of amides is 1. The van der Waals surface area contributed by atoms with Crippen LogP contribution < -0.4 is 5.73 Å². The first kappa shape index (κ1) is 17.4. The number of likely N-dealkylation sites (tertiary alicyclic amines) is 2. The predicted octanol–water partition coefficient (Wildman–Crippen LogP) is 3.53. The van der Waals surface area contributed by atoms with E-state index < -0.39 is 0 Å². The van der Waals surface area contributed by atoms with Gasteiger partial charge in [-0.1, -0.05) is 11.3 Å². The van der Waals surface area contributed by atoms with Gasteiger partial charge in [-0.25, -0.2) is 4.98 Å². The zero-order valence-corrected chi connectivity index (χ0v) is 16.9. The molecule has 144 valence electrons. The van der Waals surface area contributed by atoms with E-state index >= 15 is 0 Å². The number of rotatable bonds is 3. The molecule has 1 spiro atoms. The van der Waals surface area contributed by atoms with Crippen LogP contribution in [0.2, 0.25) is 0 Å². The number of aryl methyl sites for hydroxylation is 1. The summed E-state index contributed by atoms with van der Waals surface area (Å²) >= 11 is 1.46. The van der Waals surface area contributed by atoms with Crippen molar-refractivity contribution < 1.29 is 4.79 Å². The first-order valence-corrected chi connectivity index (χ1v) is 11.0. The monoisotopic (exact) mass is 384 g/mol.